The summed E-state index contributed by atoms with van der Waals surface area (Å²) in [4.78, 5) is 21.5. The van der Waals surface area contributed by atoms with Crippen LogP contribution in [0, 0.1) is 0 Å². The molecule has 24 heavy (non-hydrogen) atoms. The lowest BCUT2D eigenvalue weighted by atomic mass is 10.3. The largest absolute Gasteiger partial charge is 0.497 e. The predicted octanol–water partition coefficient (Wildman–Crippen LogP) is 2.38. The zero-order chi connectivity index (χ0) is 17.3. The molecule has 3 aromatic rings. The highest BCUT2D eigenvalue weighted by Gasteiger charge is 2.38. The third kappa shape index (κ3) is 2.73. The number of imidazole rings is 1. The van der Waals surface area contributed by atoms with Gasteiger partial charge < -0.3 is 9.47 Å². The minimum absolute atomic E-state index is 0.123. The summed E-state index contributed by atoms with van der Waals surface area (Å²) < 4.78 is 50.3. The van der Waals surface area contributed by atoms with Crippen LogP contribution in [0.1, 0.15) is 5.82 Å². The SMILES string of the molecule is COc1ccc2nc(C(F)(F)F)n(-c3cnc(OC=O)cn3)c2c1. The monoisotopic (exact) mass is 338 g/mol. The van der Waals surface area contributed by atoms with E-state index in [1.54, 1.807) is 0 Å². The molecule has 1 aromatic carbocycles. The summed E-state index contributed by atoms with van der Waals surface area (Å²) >= 11 is 0. The fourth-order valence-corrected chi connectivity index (χ4v) is 2.14. The molecule has 0 radical (unpaired) electrons. The lowest BCUT2D eigenvalue weighted by Gasteiger charge is -2.10. The first-order valence-electron chi connectivity index (χ1n) is 6.50. The van der Waals surface area contributed by atoms with Crippen molar-refractivity contribution < 1.29 is 27.4 Å². The second-order valence-electron chi connectivity index (χ2n) is 4.55. The van der Waals surface area contributed by atoms with E-state index in [2.05, 4.69) is 19.7 Å². The van der Waals surface area contributed by atoms with Crippen LogP contribution in [0.5, 0.6) is 11.6 Å². The summed E-state index contributed by atoms with van der Waals surface area (Å²) in [5.74, 6) is -1.05. The van der Waals surface area contributed by atoms with Gasteiger partial charge in [-0.3, -0.25) is 9.36 Å². The minimum Gasteiger partial charge on any atom is -0.497 e. The van der Waals surface area contributed by atoms with Crippen molar-refractivity contribution in [3.63, 3.8) is 0 Å². The molecule has 0 aliphatic rings. The Morgan fingerprint density at radius 1 is 1.21 bits per heavy atom. The average molecular weight is 338 g/mol. The van der Waals surface area contributed by atoms with Gasteiger partial charge in [-0.1, -0.05) is 0 Å². The highest BCUT2D eigenvalue weighted by Crippen LogP contribution is 2.34. The van der Waals surface area contributed by atoms with E-state index in [9.17, 15) is 18.0 Å². The number of carbonyl (C=O) groups excluding carboxylic acids is 1. The number of aromatic nitrogens is 4. The number of ether oxygens (including phenoxy) is 2. The number of alkyl halides is 3. The Morgan fingerprint density at radius 3 is 2.58 bits per heavy atom. The number of nitrogens with zero attached hydrogens (tertiary/aromatic N) is 4. The van der Waals surface area contributed by atoms with Gasteiger partial charge in [0.2, 0.25) is 11.7 Å². The Bertz CT molecular complexity index is 891. The minimum atomic E-state index is -4.70. The smallest absolute Gasteiger partial charge is 0.450 e. The number of halogens is 3. The van der Waals surface area contributed by atoms with Crippen LogP contribution in [0.15, 0.2) is 30.6 Å². The van der Waals surface area contributed by atoms with Crippen molar-refractivity contribution in [2.45, 2.75) is 6.18 Å². The molecule has 0 atom stereocenters. The van der Waals surface area contributed by atoms with Crippen LogP contribution in [-0.2, 0) is 11.0 Å². The van der Waals surface area contributed by atoms with E-state index in [1.165, 1.54) is 25.3 Å². The van der Waals surface area contributed by atoms with Crippen molar-refractivity contribution in [2.24, 2.45) is 0 Å². The Labute approximate surface area is 132 Å². The quantitative estimate of drug-likeness (QED) is 0.680. The molecule has 0 saturated carbocycles. The normalized spacial score (nSPS) is 11.5. The highest BCUT2D eigenvalue weighted by atomic mass is 19.4. The summed E-state index contributed by atoms with van der Waals surface area (Å²) in [7, 11) is 1.40. The van der Waals surface area contributed by atoms with E-state index in [0.717, 1.165) is 17.0 Å². The Kier molecular flexibility index (Phi) is 3.80. The first kappa shape index (κ1) is 15.7. The molecular formula is C14H9F3N4O3. The number of hydrogen-bond donors (Lipinski definition) is 0. The lowest BCUT2D eigenvalue weighted by molar-refractivity contribution is -0.145. The Morgan fingerprint density at radius 2 is 2.00 bits per heavy atom. The topological polar surface area (TPSA) is 79.1 Å². The number of benzene rings is 1. The van der Waals surface area contributed by atoms with E-state index >= 15 is 0 Å². The van der Waals surface area contributed by atoms with Crippen LogP contribution in [0.3, 0.4) is 0 Å². The number of rotatable bonds is 4. The van der Waals surface area contributed by atoms with Crippen molar-refractivity contribution in [1.82, 2.24) is 19.5 Å². The third-order valence-corrected chi connectivity index (χ3v) is 3.13. The average Bonchev–Trinajstić information content (AvgIpc) is 2.94. The van der Waals surface area contributed by atoms with Crippen LogP contribution in [0.2, 0.25) is 0 Å². The van der Waals surface area contributed by atoms with E-state index in [-0.39, 0.29) is 29.2 Å². The molecule has 0 saturated heterocycles. The molecule has 0 bridgehead atoms. The second-order valence-corrected chi connectivity index (χ2v) is 4.55. The first-order chi connectivity index (χ1) is 11.4. The van der Waals surface area contributed by atoms with E-state index < -0.39 is 12.0 Å². The Hall–Kier alpha value is -3.17. The summed E-state index contributed by atoms with van der Waals surface area (Å²) in [5, 5.41) is 0. The molecule has 2 heterocycles. The standard InChI is InChI=1S/C14H9F3N4O3/c1-23-8-2-3-9-10(4-8)21(13(20-9)14(15,16)17)11-5-19-12(6-18-11)24-7-22/h2-7H,1H3. The zero-order valence-electron chi connectivity index (χ0n) is 12.1. The second kappa shape index (κ2) is 5.80. The van der Waals surface area contributed by atoms with Gasteiger partial charge in [0.25, 0.3) is 6.47 Å². The van der Waals surface area contributed by atoms with Crippen molar-refractivity contribution in [1.29, 1.82) is 0 Å². The summed E-state index contributed by atoms with van der Waals surface area (Å²) in [5.41, 5.74) is 0.276. The summed E-state index contributed by atoms with van der Waals surface area (Å²) in [6, 6.07) is 4.33. The van der Waals surface area contributed by atoms with Crippen molar-refractivity contribution in [3.05, 3.63) is 36.4 Å². The zero-order valence-corrected chi connectivity index (χ0v) is 12.1. The van der Waals surface area contributed by atoms with Gasteiger partial charge in [-0.2, -0.15) is 13.2 Å². The molecule has 0 aliphatic heterocycles. The molecule has 0 aliphatic carbocycles. The number of hydrogen-bond acceptors (Lipinski definition) is 6. The van der Waals surface area contributed by atoms with Gasteiger partial charge in [0.1, 0.15) is 5.75 Å². The van der Waals surface area contributed by atoms with Gasteiger partial charge >= 0.3 is 6.18 Å². The fraction of sp³-hybridized carbons (Fsp3) is 0.143. The van der Waals surface area contributed by atoms with Crippen LogP contribution in [0.4, 0.5) is 13.2 Å². The van der Waals surface area contributed by atoms with E-state index in [1.807, 2.05) is 0 Å². The maximum atomic E-state index is 13.3. The van der Waals surface area contributed by atoms with Gasteiger partial charge in [-0.15, -0.1) is 0 Å². The van der Waals surface area contributed by atoms with Gasteiger partial charge in [0.15, 0.2) is 5.82 Å². The molecular weight excluding hydrogens is 329 g/mol. The summed E-state index contributed by atoms with van der Waals surface area (Å²) in [6.07, 6.45) is -2.61. The number of methoxy groups -OCH3 is 1. The third-order valence-electron chi connectivity index (χ3n) is 3.13. The molecule has 124 valence electrons. The summed E-state index contributed by atoms with van der Waals surface area (Å²) in [6.45, 7) is 0.141. The molecule has 0 fully saturated rings. The van der Waals surface area contributed by atoms with Crippen LogP contribution in [-0.4, -0.2) is 33.1 Å². The maximum Gasteiger partial charge on any atom is 0.450 e. The molecule has 0 N–H and O–H groups in total. The maximum absolute atomic E-state index is 13.3. The molecule has 2 aromatic heterocycles. The van der Waals surface area contributed by atoms with Gasteiger partial charge in [-0.25, -0.2) is 15.0 Å². The molecule has 7 nitrogen and oxygen atoms in total. The van der Waals surface area contributed by atoms with Gasteiger partial charge in [-0.05, 0) is 12.1 Å². The lowest BCUT2D eigenvalue weighted by Crippen LogP contribution is -2.15. The Balaban J connectivity index is 2.24. The van der Waals surface area contributed by atoms with Crippen LogP contribution < -0.4 is 9.47 Å². The van der Waals surface area contributed by atoms with Crippen molar-refractivity contribution in [2.75, 3.05) is 7.11 Å². The molecule has 3 rings (SSSR count). The highest BCUT2D eigenvalue weighted by molar-refractivity contribution is 5.79. The number of carbonyl (C=O) groups is 1. The predicted molar refractivity (Wildman–Crippen MR) is 74.9 cm³/mol. The molecule has 0 spiro atoms. The van der Waals surface area contributed by atoms with Crippen LogP contribution in [0.25, 0.3) is 16.9 Å². The molecule has 10 heteroatoms. The molecule has 0 amide bonds. The van der Waals surface area contributed by atoms with Crippen LogP contribution >= 0.6 is 0 Å². The van der Waals surface area contributed by atoms with E-state index in [4.69, 9.17) is 4.74 Å². The van der Waals surface area contributed by atoms with Gasteiger partial charge in [0, 0.05) is 6.07 Å². The fourth-order valence-electron chi connectivity index (χ4n) is 2.14. The molecule has 0 unspecified atom stereocenters. The van der Waals surface area contributed by atoms with Crippen molar-refractivity contribution in [3.8, 4) is 17.4 Å². The van der Waals surface area contributed by atoms with Gasteiger partial charge in [0.05, 0.1) is 30.5 Å². The van der Waals surface area contributed by atoms with E-state index in [0.29, 0.717) is 5.75 Å². The number of fused-ring (bicyclic) bond motifs is 1. The first-order valence-corrected chi connectivity index (χ1v) is 6.50. The van der Waals surface area contributed by atoms with Crippen molar-refractivity contribution >= 4 is 17.5 Å².